The van der Waals surface area contributed by atoms with E-state index in [1.807, 2.05) is 18.8 Å². The standard InChI is InChI=1S/C10H16BrN3S/c1-8(4-5-15-3)14(2)10-12-6-9(11)7-13-10/h6-8H,4-5H2,1-3H3. The van der Waals surface area contributed by atoms with Gasteiger partial charge in [0, 0.05) is 25.5 Å². The van der Waals surface area contributed by atoms with Crippen LogP contribution in [0.2, 0.25) is 0 Å². The Kier molecular flexibility index (Phi) is 5.39. The fraction of sp³-hybridized carbons (Fsp3) is 0.600. The fourth-order valence-corrected chi connectivity index (χ4v) is 1.95. The van der Waals surface area contributed by atoms with Crippen LogP contribution in [0.3, 0.4) is 0 Å². The van der Waals surface area contributed by atoms with E-state index in [1.54, 1.807) is 12.4 Å². The molecule has 0 spiro atoms. The van der Waals surface area contributed by atoms with Gasteiger partial charge in [-0.3, -0.25) is 0 Å². The van der Waals surface area contributed by atoms with Crippen LogP contribution in [0.5, 0.6) is 0 Å². The van der Waals surface area contributed by atoms with Crippen LogP contribution in [0.4, 0.5) is 5.95 Å². The maximum atomic E-state index is 4.27. The highest BCUT2D eigenvalue weighted by Gasteiger charge is 2.11. The maximum absolute atomic E-state index is 4.27. The van der Waals surface area contributed by atoms with Crippen molar-refractivity contribution in [2.45, 2.75) is 19.4 Å². The van der Waals surface area contributed by atoms with Gasteiger partial charge in [-0.2, -0.15) is 11.8 Å². The SMILES string of the molecule is CSCCC(C)N(C)c1ncc(Br)cn1. The molecule has 0 N–H and O–H groups in total. The van der Waals surface area contributed by atoms with Crippen LogP contribution in [-0.2, 0) is 0 Å². The summed E-state index contributed by atoms with van der Waals surface area (Å²) in [6.07, 6.45) is 6.83. The third-order valence-corrected chi connectivity index (χ3v) is 3.38. The van der Waals surface area contributed by atoms with Gasteiger partial charge in [0.05, 0.1) is 4.47 Å². The Labute approximate surface area is 104 Å². The number of nitrogens with zero attached hydrogens (tertiary/aromatic N) is 3. The average molecular weight is 290 g/mol. The van der Waals surface area contributed by atoms with Crippen LogP contribution in [-0.4, -0.2) is 35.1 Å². The topological polar surface area (TPSA) is 29.0 Å². The van der Waals surface area contributed by atoms with E-state index < -0.39 is 0 Å². The van der Waals surface area contributed by atoms with Gasteiger partial charge < -0.3 is 4.90 Å². The van der Waals surface area contributed by atoms with Gasteiger partial charge >= 0.3 is 0 Å². The smallest absolute Gasteiger partial charge is 0.225 e. The van der Waals surface area contributed by atoms with Gasteiger partial charge in [0.2, 0.25) is 5.95 Å². The molecule has 1 heterocycles. The molecule has 0 bridgehead atoms. The van der Waals surface area contributed by atoms with Crippen LogP contribution < -0.4 is 4.90 Å². The first-order valence-corrected chi connectivity index (χ1v) is 7.03. The van der Waals surface area contributed by atoms with Crippen molar-refractivity contribution >= 4 is 33.6 Å². The Hall–Kier alpha value is -0.290. The molecule has 0 fully saturated rings. The summed E-state index contributed by atoms with van der Waals surface area (Å²) < 4.78 is 0.913. The molecule has 84 valence electrons. The van der Waals surface area contributed by atoms with Crippen molar-refractivity contribution in [1.29, 1.82) is 0 Å². The van der Waals surface area contributed by atoms with E-state index in [2.05, 4.69) is 44.0 Å². The third kappa shape index (κ3) is 3.99. The lowest BCUT2D eigenvalue weighted by Crippen LogP contribution is -2.30. The van der Waals surface area contributed by atoms with Crippen LogP contribution in [0.1, 0.15) is 13.3 Å². The monoisotopic (exact) mass is 289 g/mol. The number of hydrogen-bond acceptors (Lipinski definition) is 4. The summed E-state index contributed by atoms with van der Waals surface area (Å²) in [5.74, 6) is 1.95. The minimum absolute atomic E-state index is 0.471. The van der Waals surface area contributed by atoms with Gasteiger partial charge in [0.1, 0.15) is 0 Å². The molecule has 15 heavy (non-hydrogen) atoms. The number of aromatic nitrogens is 2. The highest BCUT2D eigenvalue weighted by atomic mass is 79.9. The van der Waals surface area contributed by atoms with E-state index >= 15 is 0 Å². The van der Waals surface area contributed by atoms with Gasteiger partial charge in [0.15, 0.2) is 0 Å². The Balaban J connectivity index is 2.59. The van der Waals surface area contributed by atoms with Crippen LogP contribution >= 0.6 is 27.7 Å². The minimum atomic E-state index is 0.471. The summed E-state index contributed by atoms with van der Waals surface area (Å²) in [5, 5.41) is 0. The fourth-order valence-electron chi connectivity index (χ4n) is 1.17. The van der Waals surface area contributed by atoms with E-state index in [0.717, 1.165) is 16.8 Å². The molecule has 1 aromatic rings. The highest BCUT2D eigenvalue weighted by Crippen LogP contribution is 2.14. The van der Waals surface area contributed by atoms with Crippen LogP contribution in [0.15, 0.2) is 16.9 Å². The number of rotatable bonds is 5. The molecular weight excluding hydrogens is 274 g/mol. The second-order valence-corrected chi connectivity index (χ2v) is 5.34. The molecule has 0 radical (unpaired) electrons. The van der Waals surface area contributed by atoms with E-state index in [4.69, 9.17) is 0 Å². The molecule has 0 saturated carbocycles. The van der Waals surface area contributed by atoms with Crippen LogP contribution in [0, 0.1) is 0 Å². The molecule has 0 aliphatic heterocycles. The third-order valence-electron chi connectivity index (χ3n) is 2.32. The molecule has 0 amide bonds. The zero-order valence-electron chi connectivity index (χ0n) is 9.27. The molecule has 0 aliphatic rings. The van der Waals surface area contributed by atoms with E-state index in [-0.39, 0.29) is 0 Å². The van der Waals surface area contributed by atoms with Crippen molar-refractivity contribution in [3.8, 4) is 0 Å². The molecule has 5 heteroatoms. The van der Waals surface area contributed by atoms with Crippen molar-refractivity contribution in [2.24, 2.45) is 0 Å². The summed E-state index contributed by atoms with van der Waals surface area (Å²) >= 11 is 5.20. The van der Waals surface area contributed by atoms with Crippen LogP contribution in [0.25, 0.3) is 0 Å². The van der Waals surface area contributed by atoms with Crippen molar-refractivity contribution in [1.82, 2.24) is 9.97 Å². The molecule has 3 nitrogen and oxygen atoms in total. The summed E-state index contributed by atoms with van der Waals surface area (Å²) in [4.78, 5) is 10.7. The predicted molar refractivity (Wildman–Crippen MR) is 70.6 cm³/mol. The van der Waals surface area contributed by atoms with Crippen molar-refractivity contribution in [3.05, 3.63) is 16.9 Å². The summed E-state index contributed by atoms with van der Waals surface area (Å²) in [5.41, 5.74) is 0. The zero-order valence-corrected chi connectivity index (χ0v) is 11.7. The minimum Gasteiger partial charge on any atom is -0.341 e. The van der Waals surface area contributed by atoms with Gasteiger partial charge in [-0.25, -0.2) is 9.97 Å². The number of hydrogen-bond donors (Lipinski definition) is 0. The van der Waals surface area contributed by atoms with Crippen molar-refractivity contribution < 1.29 is 0 Å². The summed E-state index contributed by atoms with van der Waals surface area (Å²) in [7, 11) is 2.04. The van der Waals surface area contributed by atoms with Gasteiger partial charge in [0.25, 0.3) is 0 Å². The molecule has 0 saturated heterocycles. The Morgan fingerprint density at radius 3 is 2.60 bits per heavy atom. The number of halogens is 1. The lowest BCUT2D eigenvalue weighted by atomic mass is 10.2. The summed E-state index contributed by atoms with van der Waals surface area (Å²) in [6, 6.07) is 0.471. The Bertz CT molecular complexity index is 291. The molecule has 1 atom stereocenters. The largest absolute Gasteiger partial charge is 0.341 e. The average Bonchev–Trinajstić information content (AvgIpc) is 2.26. The summed E-state index contributed by atoms with van der Waals surface area (Å²) in [6.45, 7) is 2.20. The van der Waals surface area contributed by atoms with E-state index in [1.165, 1.54) is 5.75 Å². The predicted octanol–water partition coefficient (Wildman–Crippen LogP) is 2.82. The van der Waals surface area contributed by atoms with Gasteiger partial charge in [-0.05, 0) is 41.3 Å². The molecule has 0 aromatic carbocycles. The second-order valence-electron chi connectivity index (χ2n) is 3.44. The first-order valence-electron chi connectivity index (χ1n) is 4.84. The van der Waals surface area contributed by atoms with E-state index in [0.29, 0.717) is 6.04 Å². The molecular formula is C10H16BrN3S. The van der Waals surface area contributed by atoms with Crippen molar-refractivity contribution in [2.75, 3.05) is 24.0 Å². The Morgan fingerprint density at radius 2 is 2.07 bits per heavy atom. The first-order chi connectivity index (χ1) is 7.15. The lowest BCUT2D eigenvalue weighted by molar-refractivity contribution is 0.653. The number of anilines is 1. The Morgan fingerprint density at radius 1 is 1.47 bits per heavy atom. The second kappa shape index (κ2) is 6.33. The highest BCUT2D eigenvalue weighted by molar-refractivity contribution is 9.10. The molecule has 0 aliphatic carbocycles. The first kappa shape index (κ1) is 12.8. The maximum Gasteiger partial charge on any atom is 0.225 e. The quantitative estimate of drug-likeness (QED) is 0.834. The molecule has 1 aromatic heterocycles. The molecule has 1 unspecified atom stereocenters. The number of thioether (sulfide) groups is 1. The molecule has 1 rings (SSSR count). The van der Waals surface area contributed by atoms with Gasteiger partial charge in [-0.1, -0.05) is 0 Å². The van der Waals surface area contributed by atoms with Gasteiger partial charge in [-0.15, -0.1) is 0 Å². The van der Waals surface area contributed by atoms with Crippen molar-refractivity contribution in [3.63, 3.8) is 0 Å². The normalized spacial score (nSPS) is 12.5. The zero-order chi connectivity index (χ0) is 11.3. The van der Waals surface area contributed by atoms with E-state index in [9.17, 15) is 0 Å². The lowest BCUT2D eigenvalue weighted by Gasteiger charge is -2.24.